The second-order valence-electron chi connectivity index (χ2n) is 6.00. The zero-order valence-electron chi connectivity index (χ0n) is 15.2. The van der Waals surface area contributed by atoms with Crippen molar-refractivity contribution in [3.8, 4) is 11.5 Å². The van der Waals surface area contributed by atoms with Crippen LogP contribution < -0.4 is 14.8 Å². The van der Waals surface area contributed by atoms with Crippen LogP contribution in [0.5, 0.6) is 11.5 Å². The lowest BCUT2D eigenvalue weighted by molar-refractivity contribution is -0.119. The average molecular weight is 389 g/mol. The van der Waals surface area contributed by atoms with Crippen LogP contribution >= 0.6 is 11.3 Å². The molecule has 0 aliphatic carbocycles. The normalized spacial score (nSPS) is 12.0. The fourth-order valence-electron chi connectivity index (χ4n) is 2.70. The molecular formula is C19H19NO6S. The van der Waals surface area contributed by atoms with E-state index in [0.29, 0.717) is 21.9 Å². The number of carbonyl (C=O) groups is 3. The number of nitrogens with one attached hydrogen (secondary N) is 1. The zero-order valence-corrected chi connectivity index (χ0v) is 16.0. The van der Waals surface area contributed by atoms with Crippen LogP contribution in [0.1, 0.15) is 44.3 Å². The highest BCUT2D eigenvalue weighted by Gasteiger charge is 2.21. The van der Waals surface area contributed by atoms with E-state index in [2.05, 4.69) is 5.32 Å². The van der Waals surface area contributed by atoms with Crippen molar-refractivity contribution in [3.63, 3.8) is 0 Å². The molecule has 0 bridgehead atoms. The second-order valence-corrected chi connectivity index (χ2v) is 7.14. The minimum atomic E-state index is -0.547. The maximum absolute atomic E-state index is 12.2. The lowest BCUT2D eigenvalue weighted by Gasteiger charge is -2.10. The van der Waals surface area contributed by atoms with E-state index in [-0.39, 0.29) is 18.3 Å². The number of fused-ring (bicyclic) bond motifs is 1. The number of hydrogen-bond donors (Lipinski definition) is 1. The predicted molar refractivity (Wildman–Crippen MR) is 99.9 cm³/mol. The summed E-state index contributed by atoms with van der Waals surface area (Å²) in [6, 6.07) is 4.80. The van der Waals surface area contributed by atoms with Gasteiger partial charge >= 0.3 is 5.97 Å². The minimum Gasteiger partial charge on any atom is -0.454 e. The van der Waals surface area contributed by atoms with Crippen molar-refractivity contribution in [1.82, 2.24) is 0 Å². The van der Waals surface area contributed by atoms with E-state index in [0.717, 1.165) is 16.9 Å². The number of esters is 1. The standard InChI is InChI=1S/C19H19NO6S/c1-4-16-10(2)5-17(27-16)19(23)24-8-18(22)20-13-7-15-14(25-9-26-15)6-12(13)11(3)21/h5-7H,4,8-9H2,1-3H3,(H,20,22). The molecule has 7 nitrogen and oxygen atoms in total. The third-order valence-electron chi connectivity index (χ3n) is 4.04. The molecule has 8 heteroatoms. The number of ketones is 1. The van der Waals surface area contributed by atoms with E-state index in [1.54, 1.807) is 6.07 Å². The van der Waals surface area contributed by atoms with Gasteiger partial charge in [-0.2, -0.15) is 0 Å². The van der Waals surface area contributed by atoms with Crippen LogP contribution in [0.15, 0.2) is 18.2 Å². The average Bonchev–Trinajstić information content (AvgIpc) is 3.24. The largest absolute Gasteiger partial charge is 0.454 e. The Morgan fingerprint density at radius 3 is 2.52 bits per heavy atom. The maximum atomic E-state index is 12.2. The fraction of sp³-hybridized carbons (Fsp3) is 0.316. The van der Waals surface area contributed by atoms with Crippen LogP contribution in [0.2, 0.25) is 0 Å². The molecule has 1 amide bonds. The van der Waals surface area contributed by atoms with Gasteiger partial charge in [-0.05, 0) is 38.0 Å². The minimum absolute atomic E-state index is 0.0572. The van der Waals surface area contributed by atoms with Gasteiger partial charge < -0.3 is 19.5 Å². The summed E-state index contributed by atoms with van der Waals surface area (Å²) in [5.74, 6) is -0.441. The summed E-state index contributed by atoms with van der Waals surface area (Å²) in [4.78, 5) is 37.7. The SMILES string of the molecule is CCc1sc(C(=O)OCC(=O)Nc2cc3c(cc2C(C)=O)OCO3)cc1C. The Bertz CT molecular complexity index is 917. The summed E-state index contributed by atoms with van der Waals surface area (Å²) in [5, 5.41) is 2.59. The van der Waals surface area contributed by atoms with Crippen LogP contribution in [-0.4, -0.2) is 31.1 Å². The molecule has 142 valence electrons. The van der Waals surface area contributed by atoms with E-state index >= 15 is 0 Å². The van der Waals surface area contributed by atoms with Crippen molar-refractivity contribution in [3.05, 3.63) is 39.1 Å². The van der Waals surface area contributed by atoms with Crippen LogP contribution in [0.3, 0.4) is 0 Å². The van der Waals surface area contributed by atoms with Crippen molar-refractivity contribution >= 4 is 34.7 Å². The van der Waals surface area contributed by atoms with Gasteiger partial charge in [-0.15, -0.1) is 11.3 Å². The van der Waals surface area contributed by atoms with Gasteiger partial charge in [-0.1, -0.05) is 6.92 Å². The molecule has 1 aliphatic heterocycles. The molecule has 3 rings (SSSR count). The summed E-state index contributed by atoms with van der Waals surface area (Å²) in [6.45, 7) is 4.93. The smallest absolute Gasteiger partial charge is 0.348 e. The third kappa shape index (κ3) is 4.11. The molecule has 27 heavy (non-hydrogen) atoms. The molecular weight excluding hydrogens is 370 g/mol. The molecule has 1 aromatic heterocycles. The molecule has 2 heterocycles. The number of benzene rings is 1. The molecule has 1 aliphatic rings. The Morgan fingerprint density at radius 2 is 1.89 bits per heavy atom. The quantitative estimate of drug-likeness (QED) is 0.602. The number of aryl methyl sites for hydroxylation is 2. The number of ether oxygens (including phenoxy) is 3. The van der Waals surface area contributed by atoms with Crippen LogP contribution in [0, 0.1) is 6.92 Å². The highest BCUT2D eigenvalue weighted by molar-refractivity contribution is 7.14. The lowest BCUT2D eigenvalue weighted by Crippen LogP contribution is -2.21. The van der Waals surface area contributed by atoms with E-state index in [1.165, 1.54) is 30.4 Å². The number of Topliss-reactive ketones (excluding diaryl/α,β-unsaturated/α-hetero) is 1. The van der Waals surface area contributed by atoms with E-state index in [9.17, 15) is 14.4 Å². The van der Waals surface area contributed by atoms with Gasteiger partial charge in [0.25, 0.3) is 5.91 Å². The summed E-state index contributed by atoms with van der Waals surface area (Å²) in [5.41, 5.74) is 1.61. The number of amides is 1. The van der Waals surface area contributed by atoms with Crippen molar-refractivity contribution in [2.45, 2.75) is 27.2 Å². The summed E-state index contributed by atoms with van der Waals surface area (Å²) < 4.78 is 15.6. The predicted octanol–water partition coefficient (Wildman–Crippen LogP) is 3.35. The third-order valence-corrected chi connectivity index (χ3v) is 5.40. The van der Waals surface area contributed by atoms with Gasteiger partial charge in [-0.3, -0.25) is 9.59 Å². The van der Waals surface area contributed by atoms with Gasteiger partial charge in [0.1, 0.15) is 4.88 Å². The van der Waals surface area contributed by atoms with E-state index in [4.69, 9.17) is 14.2 Å². The Hall–Kier alpha value is -2.87. The molecule has 1 N–H and O–H groups in total. The topological polar surface area (TPSA) is 90.9 Å². The number of carbonyl (C=O) groups excluding carboxylic acids is 3. The van der Waals surface area contributed by atoms with Gasteiger partial charge in [-0.25, -0.2) is 4.79 Å². The first kappa shape index (κ1) is 18.9. The zero-order chi connectivity index (χ0) is 19.6. The van der Waals surface area contributed by atoms with Gasteiger partial charge in [0.2, 0.25) is 6.79 Å². The Labute approximate surface area is 160 Å². The van der Waals surface area contributed by atoms with E-state index in [1.807, 2.05) is 13.8 Å². The van der Waals surface area contributed by atoms with Gasteiger partial charge in [0, 0.05) is 16.5 Å². The van der Waals surface area contributed by atoms with Crippen LogP contribution in [0.4, 0.5) is 5.69 Å². The first-order valence-electron chi connectivity index (χ1n) is 8.40. The second kappa shape index (κ2) is 7.79. The molecule has 0 saturated heterocycles. The van der Waals surface area contributed by atoms with E-state index < -0.39 is 18.5 Å². The fourth-order valence-corrected chi connectivity index (χ4v) is 3.70. The van der Waals surface area contributed by atoms with Crippen LogP contribution in [0.25, 0.3) is 0 Å². The molecule has 0 atom stereocenters. The highest BCUT2D eigenvalue weighted by atomic mass is 32.1. The number of hydrogen-bond acceptors (Lipinski definition) is 7. The van der Waals surface area contributed by atoms with Gasteiger partial charge in [0.15, 0.2) is 23.9 Å². The summed E-state index contributed by atoms with van der Waals surface area (Å²) >= 11 is 1.36. The molecule has 2 aromatic rings. The van der Waals surface area contributed by atoms with Crippen molar-refractivity contribution in [2.75, 3.05) is 18.7 Å². The summed E-state index contributed by atoms with van der Waals surface area (Å²) in [7, 11) is 0. The molecule has 0 fully saturated rings. The molecule has 1 aromatic carbocycles. The van der Waals surface area contributed by atoms with Crippen LogP contribution in [-0.2, 0) is 16.0 Å². The number of rotatable bonds is 6. The highest BCUT2D eigenvalue weighted by Crippen LogP contribution is 2.37. The Morgan fingerprint density at radius 1 is 1.19 bits per heavy atom. The van der Waals surface area contributed by atoms with Gasteiger partial charge in [0.05, 0.1) is 5.69 Å². The number of thiophene rings is 1. The maximum Gasteiger partial charge on any atom is 0.348 e. The number of anilines is 1. The lowest BCUT2D eigenvalue weighted by atomic mass is 10.1. The molecule has 0 unspecified atom stereocenters. The molecule has 0 saturated carbocycles. The van der Waals surface area contributed by atoms with Crippen molar-refractivity contribution in [1.29, 1.82) is 0 Å². The molecule has 0 spiro atoms. The van der Waals surface area contributed by atoms with Crippen molar-refractivity contribution < 1.29 is 28.6 Å². The molecule has 0 radical (unpaired) electrons. The van der Waals surface area contributed by atoms with Crippen molar-refractivity contribution in [2.24, 2.45) is 0 Å². The first-order valence-corrected chi connectivity index (χ1v) is 9.21. The Balaban J connectivity index is 1.65. The summed E-state index contributed by atoms with van der Waals surface area (Å²) in [6.07, 6.45) is 0.836. The first-order chi connectivity index (χ1) is 12.9. The Kier molecular flexibility index (Phi) is 5.46. The monoisotopic (exact) mass is 389 g/mol.